The zero-order chi connectivity index (χ0) is 24.1. The highest BCUT2D eigenvalue weighted by Gasteiger charge is 2.37. The van der Waals surface area contributed by atoms with Crippen molar-refractivity contribution in [3.05, 3.63) is 47.7 Å². The van der Waals surface area contributed by atoms with Gasteiger partial charge < -0.3 is 20.1 Å². The fourth-order valence-corrected chi connectivity index (χ4v) is 3.75. The molecule has 0 bridgehead atoms. The Morgan fingerprint density at radius 2 is 1.97 bits per heavy atom. The van der Waals surface area contributed by atoms with E-state index in [9.17, 15) is 23.6 Å². The molecule has 2 amide bonds. The van der Waals surface area contributed by atoms with Gasteiger partial charge in [-0.2, -0.15) is 0 Å². The lowest BCUT2D eigenvalue weighted by Gasteiger charge is -2.27. The number of ether oxygens (including phenoxy) is 1. The first-order valence-corrected chi connectivity index (χ1v) is 10.3. The standard InChI is InChI=1S/C23H24FN3O6/c1-3-18(22(31)26-17(9-21(29)30)19(28)10-24)27-12-15-5-4-13(8-16(15)23(27)32)14-6-7-20(33-2)25-11-14/h4-8,11,17-18H,3,9-10,12H2,1-2H3,(H,26,31)(H,29,30). The Bertz CT molecular complexity index is 1070. The van der Waals surface area contributed by atoms with E-state index in [-0.39, 0.29) is 18.9 Å². The number of benzene rings is 1. The number of carbonyl (C=O) groups is 4. The lowest BCUT2D eigenvalue weighted by molar-refractivity contribution is -0.140. The van der Waals surface area contributed by atoms with E-state index < -0.39 is 42.8 Å². The summed E-state index contributed by atoms with van der Waals surface area (Å²) < 4.78 is 17.9. The van der Waals surface area contributed by atoms with Gasteiger partial charge in [0.25, 0.3) is 5.91 Å². The Morgan fingerprint density at radius 1 is 1.24 bits per heavy atom. The quantitative estimate of drug-likeness (QED) is 0.559. The number of Topliss-reactive ketones (excluding diaryl/α,β-unsaturated/α-hetero) is 1. The van der Waals surface area contributed by atoms with Gasteiger partial charge in [-0.15, -0.1) is 0 Å². The average Bonchev–Trinajstić information content (AvgIpc) is 3.13. The Labute approximate surface area is 189 Å². The molecule has 2 heterocycles. The van der Waals surface area contributed by atoms with Crippen LogP contribution in [0.3, 0.4) is 0 Å². The second-order valence-electron chi connectivity index (χ2n) is 7.58. The number of rotatable bonds is 10. The zero-order valence-corrected chi connectivity index (χ0v) is 18.2. The molecule has 2 unspecified atom stereocenters. The SMILES string of the molecule is CCC(C(=O)NC(CC(=O)O)C(=O)CF)N1Cc2ccc(-c3ccc(OC)nc3)cc2C1=O. The molecule has 0 saturated carbocycles. The van der Waals surface area contributed by atoms with E-state index in [4.69, 9.17) is 9.84 Å². The van der Waals surface area contributed by atoms with Gasteiger partial charge >= 0.3 is 5.97 Å². The highest BCUT2D eigenvalue weighted by atomic mass is 19.1. The molecule has 0 aliphatic carbocycles. The number of carboxylic acid groups (broad SMARTS) is 1. The highest BCUT2D eigenvalue weighted by Crippen LogP contribution is 2.30. The Kier molecular flexibility index (Phi) is 7.37. The monoisotopic (exact) mass is 457 g/mol. The third-order valence-corrected chi connectivity index (χ3v) is 5.50. The van der Waals surface area contributed by atoms with E-state index in [2.05, 4.69) is 10.3 Å². The summed E-state index contributed by atoms with van der Waals surface area (Å²) in [5.74, 6) is -2.98. The normalized spacial score (nSPS) is 14.4. The number of alkyl halides is 1. The van der Waals surface area contributed by atoms with Crippen LogP contribution in [0, 0.1) is 0 Å². The van der Waals surface area contributed by atoms with E-state index in [1.807, 2.05) is 12.1 Å². The number of carboxylic acids is 1. The maximum Gasteiger partial charge on any atom is 0.305 e. The number of halogens is 1. The fraction of sp³-hybridized carbons (Fsp3) is 0.348. The Balaban J connectivity index is 1.80. The number of hydrogen-bond acceptors (Lipinski definition) is 6. The molecule has 174 valence electrons. The molecule has 1 aliphatic rings. The van der Waals surface area contributed by atoms with Crippen LogP contribution < -0.4 is 10.1 Å². The molecule has 33 heavy (non-hydrogen) atoms. The van der Waals surface area contributed by atoms with Crippen molar-refractivity contribution in [2.45, 2.75) is 38.4 Å². The van der Waals surface area contributed by atoms with Gasteiger partial charge in [-0.05, 0) is 29.7 Å². The fourth-order valence-electron chi connectivity index (χ4n) is 3.75. The summed E-state index contributed by atoms with van der Waals surface area (Å²) in [6, 6.07) is 6.46. The first-order chi connectivity index (χ1) is 15.8. The van der Waals surface area contributed by atoms with Crippen molar-refractivity contribution in [3.63, 3.8) is 0 Å². The van der Waals surface area contributed by atoms with Crippen molar-refractivity contribution in [1.82, 2.24) is 15.2 Å². The van der Waals surface area contributed by atoms with Gasteiger partial charge in [0, 0.05) is 29.9 Å². The van der Waals surface area contributed by atoms with Crippen LogP contribution in [0.2, 0.25) is 0 Å². The molecule has 9 nitrogen and oxygen atoms in total. The molecule has 0 spiro atoms. The summed E-state index contributed by atoms with van der Waals surface area (Å²) in [7, 11) is 1.52. The van der Waals surface area contributed by atoms with E-state index in [1.54, 1.807) is 31.3 Å². The summed E-state index contributed by atoms with van der Waals surface area (Å²) >= 11 is 0. The largest absolute Gasteiger partial charge is 0.481 e. The number of methoxy groups -OCH3 is 1. The van der Waals surface area contributed by atoms with Crippen LogP contribution >= 0.6 is 0 Å². The summed E-state index contributed by atoms with van der Waals surface area (Å²) in [5.41, 5.74) is 2.73. The molecule has 0 radical (unpaired) electrons. The number of fused-ring (bicyclic) bond motifs is 1. The van der Waals surface area contributed by atoms with E-state index in [0.29, 0.717) is 11.4 Å². The van der Waals surface area contributed by atoms with Crippen LogP contribution in [-0.2, 0) is 20.9 Å². The molecule has 3 rings (SSSR count). The molecular formula is C23H24FN3O6. The minimum absolute atomic E-state index is 0.182. The van der Waals surface area contributed by atoms with E-state index in [0.717, 1.165) is 16.7 Å². The highest BCUT2D eigenvalue weighted by molar-refractivity contribution is 6.02. The number of nitrogens with one attached hydrogen (secondary N) is 1. The van der Waals surface area contributed by atoms with Crippen molar-refractivity contribution < 1.29 is 33.4 Å². The summed E-state index contributed by atoms with van der Waals surface area (Å²) in [6.07, 6.45) is 1.12. The molecule has 2 aromatic rings. The molecular weight excluding hydrogens is 433 g/mol. The van der Waals surface area contributed by atoms with Crippen LogP contribution in [0.15, 0.2) is 36.5 Å². The van der Waals surface area contributed by atoms with Crippen molar-refractivity contribution in [3.8, 4) is 17.0 Å². The third kappa shape index (κ3) is 5.16. The minimum atomic E-state index is -1.50. The summed E-state index contributed by atoms with van der Waals surface area (Å²) in [5, 5.41) is 11.3. The molecule has 0 fully saturated rings. The number of pyridine rings is 1. The number of carbonyl (C=O) groups excluding carboxylic acids is 3. The van der Waals surface area contributed by atoms with Gasteiger partial charge in [0.2, 0.25) is 11.8 Å². The number of ketones is 1. The van der Waals surface area contributed by atoms with Crippen LogP contribution in [-0.4, -0.2) is 64.4 Å². The van der Waals surface area contributed by atoms with Gasteiger partial charge in [-0.25, -0.2) is 9.37 Å². The molecule has 0 saturated heterocycles. The smallest absolute Gasteiger partial charge is 0.305 e. The first-order valence-electron chi connectivity index (χ1n) is 10.3. The van der Waals surface area contributed by atoms with Gasteiger partial charge in [0.15, 0.2) is 5.78 Å². The van der Waals surface area contributed by atoms with Crippen LogP contribution in [0.25, 0.3) is 11.1 Å². The zero-order valence-electron chi connectivity index (χ0n) is 18.2. The van der Waals surface area contributed by atoms with Crippen molar-refractivity contribution in [2.75, 3.05) is 13.8 Å². The van der Waals surface area contributed by atoms with Crippen molar-refractivity contribution >= 4 is 23.6 Å². The molecule has 2 atom stereocenters. The topological polar surface area (TPSA) is 126 Å². The molecule has 10 heteroatoms. The van der Waals surface area contributed by atoms with Crippen LogP contribution in [0.4, 0.5) is 4.39 Å². The summed E-state index contributed by atoms with van der Waals surface area (Å²) in [4.78, 5) is 54.2. The molecule has 2 N–H and O–H groups in total. The third-order valence-electron chi connectivity index (χ3n) is 5.50. The van der Waals surface area contributed by atoms with E-state index in [1.165, 1.54) is 12.0 Å². The second-order valence-corrected chi connectivity index (χ2v) is 7.58. The van der Waals surface area contributed by atoms with Crippen molar-refractivity contribution in [1.29, 1.82) is 0 Å². The lowest BCUT2D eigenvalue weighted by Crippen LogP contribution is -2.52. The van der Waals surface area contributed by atoms with Crippen molar-refractivity contribution in [2.24, 2.45) is 0 Å². The molecule has 1 aromatic heterocycles. The van der Waals surface area contributed by atoms with Crippen LogP contribution in [0.5, 0.6) is 5.88 Å². The summed E-state index contributed by atoms with van der Waals surface area (Å²) in [6.45, 7) is 0.478. The number of nitrogens with zero attached hydrogens (tertiary/aromatic N) is 2. The predicted molar refractivity (Wildman–Crippen MR) is 115 cm³/mol. The first kappa shape index (κ1) is 23.8. The molecule has 1 aliphatic heterocycles. The number of aromatic nitrogens is 1. The van der Waals surface area contributed by atoms with E-state index >= 15 is 0 Å². The van der Waals surface area contributed by atoms with Gasteiger partial charge in [-0.3, -0.25) is 19.2 Å². The second kappa shape index (κ2) is 10.2. The maximum absolute atomic E-state index is 13.1. The Hall–Kier alpha value is -3.82. The number of aliphatic carboxylic acids is 1. The van der Waals surface area contributed by atoms with Gasteiger partial charge in [0.05, 0.1) is 13.5 Å². The number of hydrogen-bond donors (Lipinski definition) is 2. The molecule has 1 aromatic carbocycles. The van der Waals surface area contributed by atoms with Gasteiger partial charge in [0.1, 0.15) is 18.8 Å². The van der Waals surface area contributed by atoms with Crippen LogP contribution in [0.1, 0.15) is 35.7 Å². The lowest BCUT2D eigenvalue weighted by atomic mass is 10.0. The Morgan fingerprint density at radius 3 is 2.55 bits per heavy atom. The number of amides is 2. The maximum atomic E-state index is 13.1. The predicted octanol–water partition coefficient (Wildman–Crippen LogP) is 1.99. The average molecular weight is 457 g/mol. The van der Waals surface area contributed by atoms with Gasteiger partial charge in [-0.1, -0.05) is 19.1 Å². The minimum Gasteiger partial charge on any atom is -0.481 e.